The molecule has 0 aromatic rings. The highest BCUT2D eigenvalue weighted by atomic mass is 35.5. The zero-order chi connectivity index (χ0) is 15.4. The molecule has 128 valence electrons. The van der Waals surface area contributed by atoms with Crippen LogP contribution in [0.5, 0.6) is 0 Å². The van der Waals surface area contributed by atoms with Crippen molar-refractivity contribution in [2.75, 3.05) is 39.3 Å². The number of nitrogens with zero attached hydrogens (tertiary/aromatic N) is 3. The maximum atomic E-state index is 6.79. The summed E-state index contributed by atoms with van der Waals surface area (Å²) in [4.78, 5) is 0. The van der Waals surface area contributed by atoms with E-state index in [4.69, 9.17) is 23.2 Å². The molecule has 3 saturated heterocycles. The Morgan fingerprint density at radius 2 is 0.773 bits per heavy atom. The molecule has 0 aliphatic carbocycles. The number of rotatable bonds is 4. The molecule has 0 spiro atoms. The molecule has 3 rings (SSSR count). The number of alkyl halides is 2. The molecule has 0 atom stereocenters. The van der Waals surface area contributed by atoms with E-state index in [9.17, 15) is 0 Å². The Morgan fingerprint density at radius 3 is 1.00 bits per heavy atom. The van der Waals surface area contributed by atoms with Crippen LogP contribution in [0, 0.1) is 0 Å². The van der Waals surface area contributed by atoms with Crippen LogP contribution < -0.4 is 0 Å². The van der Waals surface area contributed by atoms with Crippen molar-refractivity contribution in [1.82, 2.24) is 14.0 Å². The van der Waals surface area contributed by atoms with Gasteiger partial charge in [-0.15, -0.1) is 14.0 Å². The monoisotopic (exact) mass is 366 g/mol. The Morgan fingerprint density at radius 1 is 0.500 bits per heavy atom. The van der Waals surface area contributed by atoms with E-state index in [0.717, 1.165) is 0 Å². The van der Waals surface area contributed by atoms with Crippen LogP contribution in [0.2, 0.25) is 0 Å². The second-order valence-electron chi connectivity index (χ2n) is 6.94. The molecule has 0 aromatic heterocycles. The van der Waals surface area contributed by atoms with Crippen molar-refractivity contribution in [3.8, 4) is 0 Å². The van der Waals surface area contributed by atoms with Crippen LogP contribution in [-0.2, 0) is 0 Å². The molecule has 6 heteroatoms. The standard InChI is InChI=1S/C16H31Cl2N3P/c17-16(18)22(19-10-4-1-5-11-19,20-12-6-2-7-13-20)21-14-8-3-9-15-21/h16H,1-15H2/q+1. The lowest BCUT2D eigenvalue weighted by Gasteiger charge is -2.51. The Labute approximate surface area is 146 Å². The molecule has 0 unspecified atom stereocenters. The summed E-state index contributed by atoms with van der Waals surface area (Å²) in [7, 11) is -1.76. The third-order valence-corrected chi connectivity index (χ3v) is 11.3. The van der Waals surface area contributed by atoms with E-state index in [0.29, 0.717) is 0 Å². The Balaban J connectivity index is 1.92. The van der Waals surface area contributed by atoms with E-state index < -0.39 is 7.71 Å². The van der Waals surface area contributed by atoms with Crippen molar-refractivity contribution < 1.29 is 0 Å². The molecule has 0 amide bonds. The van der Waals surface area contributed by atoms with Gasteiger partial charge in [0.1, 0.15) is 0 Å². The molecule has 22 heavy (non-hydrogen) atoms. The van der Waals surface area contributed by atoms with Gasteiger partial charge < -0.3 is 0 Å². The predicted molar refractivity (Wildman–Crippen MR) is 98.7 cm³/mol. The average Bonchev–Trinajstić information content (AvgIpc) is 2.58. The van der Waals surface area contributed by atoms with Crippen LogP contribution in [-0.4, -0.2) is 57.9 Å². The van der Waals surface area contributed by atoms with Gasteiger partial charge in [0.25, 0.3) is 12.3 Å². The van der Waals surface area contributed by atoms with Crippen LogP contribution in [0.25, 0.3) is 0 Å². The first-order valence-electron chi connectivity index (χ1n) is 9.19. The first-order chi connectivity index (χ1) is 10.8. The van der Waals surface area contributed by atoms with E-state index in [1.165, 1.54) is 97.1 Å². The zero-order valence-corrected chi connectivity index (χ0v) is 16.1. The van der Waals surface area contributed by atoms with Crippen molar-refractivity contribution in [3.05, 3.63) is 0 Å². The average molecular weight is 367 g/mol. The van der Waals surface area contributed by atoms with Gasteiger partial charge in [-0.05, 0) is 38.5 Å². The SMILES string of the molecule is ClC(Cl)[P+](N1CCCCC1)(N1CCCCC1)N1CCCCC1. The Bertz CT molecular complexity index is 293. The maximum Gasteiger partial charge on any atom is 0.263 e. The molecule has 3 fully saturated rings. The molecule has 0 aromatic carbocycles. The summed E-state index contributed by atoms with van der Waals surface area (Å²) in [6.07, 6.45) is 12.0. The molecule has 0 bridgehead atoms. The van der Waals surface area contributed by atoms with Gasteiger partial charge in [-0.2, -0.15) is 0 Å². The molecule has 0 N–H and O–H groups in total. The van der Waals surface area contributed by atoms with Crippen molar-refractivity contribution in [3.63, 3.8) is 0 Å². The quantitative estimate of drug-likeness (QED) is 0.513. The molecular formula is C16H31Cl2N3P+. The highest BCUT2D eigenvalue weighted by molar-refractivity contribution is 7.73. The van der Waals surface area contributed by atoms with E-state index >= 15 is 0 Å². The molecule has 0 radical (unpaired) electrons. The lowest BCUT2D eigenvalue weighted by Crippen LogP contribution is -2.51. The fourth-order valence-corrected chi connectivity index (χ4v) is 11.1. The van der Waals surface area contributed by atoms with Crippen molar-refractivity contribution in [2.45, 2.75) is 62.4 Å². The lowest BCUT2D eigenvalue weighted by molar-refractivity contribution is 0.240. The number of hydrogen-bond donors (Lipinski definition) is 0. The predicted octanol–water partition coefficient (Wildman–Crippen LogP) is 4.97. The van der Waals surface area contributed by atoms with Crippen LogP contribution in [0.15, 0.2) is 0 Å². The third-order valence-electron chi connectivity index (χ3n) is 5.51. The molecule has 0 saturated carbocycles. The third kappa shape index (κ3) is 3.46. The fraction of sp³-hybridized carbons (Fsp3) is 1.00. The van der Waals surface area contributed by atoms with Crippen LogP contribution in [0.4, 0.5) is 0 Å². The van der Waals surface area contributed by atoms with Crippen LogP contribution in [0.1, 0.15) is 57.8 Å². The van der Waals surface area contributed by atoms with Crippen molar-refractivity contribution in [2.24, 2.45) is 0 Å². The Hall–Kier alpha value is 0.890. The second kappa shape index (κ2) is 8.32. The van der Waals surface area contributed by atoms with Crippen molar-refractivity contribution in [1.29, 1.82) is 0 Å². The van der Waals surface area contributed by atoms with Gasteiger partial charge in [-0.25, -0.2) is 0 Å². The van der Waals surface area contributed by atoms with Gasteiger partial charge >= 0.3 is 0 Å². The molecule has 3 aliphatic rings. The van der Waals surface area contributed by atoms with Gasteiger partial charge in [0.2, 0.25) is 0 Å². The summed E-state index contributed by atoms with van der Waals surface area (Å²) in [5, 5.41) is 0. The summed E-state index contributed by atoms with van der Waals surface area (Å²) in [6, 6.07) is 0. The van der Waals surface area contributed by atoms with E-state index in [-0.39, 0.29) is 4.58 Å². The molecule has 3 aliphatic heterocycles. The highest BCUT2D eigenvalue weighted by Crippen LogP contribution is 2.74. The van der Waals surface area contributed by atoms with Gasteiger partial charge in [0.05, 0.1) is 0 Å². The summed E-state index contributed by atoms with van der Waals surface area (Å²) >= 11 is 13.6. The fourth-order valence-electron chi connectivity index (χ4n) is 4.42. The van der Waals surface area contributed by atoms with Crippen LogP contribution >= 0.6 is 30.9 Å². The van der Waals surface area contributed by atoms with Gasteiger partial charge in [-0.1, -0.05) is 42.5 Å². The minimum Gasteiger partial charge on any atom is -0.146 e. The van der Waals surface area contributed by atoms with E-state index in [1.807, 2.05) is 0 Å². The van der Waals surface area contributed by atoms with E-state index in [1.54, 1.807) is 0 Å². The first kappa shape index (κ1) is 17.7. The summed E-state index contributed by atoms with van der Waals surface area (Å²) in [6.45, 7) is 7.15. The van der Waals surface area contributed by atoms with Crippen LogP contribution in [0.3, 0.4) is 0 Å². The second-order valence-corrected chi connectivity index (χ2v) is 12.1. The molecular weight excluding hydrogens is 336 g/mol. The summed E-state index contributed by atoms with van der Waals surface area (Å²) < 4.78 is 7.94. The van der Waals surface area contributed by atoms with Gasteiger partial charge in [0.15, 0.2) is 0 Å². The number of hydrogen-bond acceptors (Lipinski definition) is 3. The smallest absolute Gasteiger partial charge is 0.146 e. The number of halogens is 2. The van der Waals surface area contributed by atoms with E-state index in [2.05, 4.69) is 14.0 Å². The normalized spacial score (nSPS) is 27.4. The maximum absolute atomic E-state index is 6.79. The largest absolute Gasteiger partial charge is 0.263 e. The lowest BCUT2D eigenvalue weighted by atomic mass is 10.2. The minimum atomic E-state index is -1.76. The minimum absolute atomic E-state index is 0.262. The first-order valence-corrected chi connectivity index (χ1v) is 11.8. The topological polar surface area (TPSA) is 9.72 Å². The highest BCUT2D eigenvalue weighted by Gasteiger charge is 2.61. The van der Waals surface area contributed by atoms with Gasteiger partial charge in [0, 0.05) is 39.3 Å². The summed E-state index contributed by atoms with van der Waals surface area (Å²) in [5.74, 6) is 0. The van der Waals surface area contributed by atoms with Crippen molar-refractivity contribution >= 4 is 30.9 Å². The number of piperidine rings is 3. The summed E-state index contributed by atoms with van der Waals surface area (Å²) in [5.41, 5.74) is 0. The zero-order valence-electron chi connectivity index (χ0n) is 13.7. The molecule has 3 heterocycles. The molecule has 3 nitrogen and oxygen atoms in total. The Kier molecular flexibility index (Phi) is 6.69. The van der Waals surface area contributed by atoms with Gasteiger partial charge in [-0.3, -0.25) is 0 Å².